The Bertz CT molecular complexity index is 1220. The fraction of sp³-hybridized carbons (Fsp3) is 0.583. The maximum absolute atomic E-state index is 14.1. The van der Waals surface area contributed by atoms with Crippen LogP contribution in [0.1, 0.15) is 72.9 Å². The number of carbonyl (C=O) groups excluding carboxylic acids is 3. The lowest BCUT2D eigenvalue weighted by Crippen LogP contribution is -2.55. The van der Waals surface area contributed by atoms with Crippen LogP contribution < -0.4 is 10.6 Å². The number of amides is 2. The molecule has 0 radical (unpaired) electrons. The number of alkyl carbamates (subject to hydrolysis) is 1. The minimum absolute atomic E-state index is 0.126. The minimum Gasteiger partial charge on any atom is -0.467 e. The highest BCUT2D eigenvalue weighted by Crippen LogP contribution is 2.39. The zero-order valence-electron chi connectivity index (χ0n) is 29.2. The van der Waals surface area contributed by atoms with Gasteiger partial charge in [0.05, 0.1) is 19.3 Å². The Morgan fingerprint density at radius 1 is 0.800 bits per heavy atom. The van der Waals surface area contributed by atoms with E-state index in [1.807, 2.05) is 95.3 Å². The summed E-state index contributed by atoms with van der Waals surface area (Å²) in [6.07, 6.45) is 0.152. The van der Waals surface area contributed by atoms with Gasteiger partial charge in [-0.2, -0.15) is 0 Å². The highest BCUT2D eigenvalue weighted by Gasteiger charge is 2.43. The van der Waals surface area contributed by atoms with Gasteiger partial charge in [0.25, 0.3) is 0 Å². The van der Waals surface area contributed by atoms with Crippen LogP contribution in [-0.4, -0.2) is 57.2 Å². The van der Waals surface area contributed by atoms with E-state index in [1.54, 1.807) is 0 Å². The molecule has 2 N–H and O–H groups in total. The van der Waals surface area contributed by atoms with Crippen LogP contribution >= 0.6 is 0 Å². The van der Waals surface area contributed by atoms with Gasteiger partial charge in [0, 0.05) is 5.92 Å². The molecule has 0 aliphatic carbocycles. The molecule has 0 saturated heterocycles. The number of ether oxygens (including phenoxy) is 2. The van der Waals surface area contributed by atoms with E-state index in [0.29, 0.717) is 19.3 Å². The van der Waals surface area contributed by atoms with Crippen molar-refractivity contribution in [1.29, 1.82) is 0 Å². The third-order valence-corrected chi connectivity index (χ3v) is 12.8. The van der Waals surface area contributed by atoms with Crippen molar-refractivity contribution in [3.8, 4) is 0 Å². The highest BCUT2D eigenvalue weighted by molar-refractivity contribution is 6.74. The van der Waals surface area contributed by atoms with Crippen LogP contribution in [0.2, 0.25) is 18.1 Å². The summed E-state index contributed by atoms with van der Waals surface area (Å²) in [4.78, 5) is 40.0. The Hall–Kier alpha value is -3.17. The number of methoxy groups -OCH3 is 1. The quantitative estimate of drug-likeness (QED) is 0.169. The Kier molecular flexibility index (Phi) is 13.9. The SMILES string of the molecule is COC(=O)C(NC(=O)[C@H](Cc1ccccc1)C[C@H](O[Si](C)(C)C(C)(C)C)[C@H](Cc1ccccc1)NC(=O)OC(C)(C)C)C(C)C. The first kappa shape index (κ1) is 38.0. The summed E-state index contributed by atoms with van der Waals surface area (Å²) in [7, 11) is -1.09. The zero-order valence-corrected chi connectivity index (χ0v) is 30.2. The normalized spacial score (nSPS) is 15.0. The second-order valence-corrected chi connectivity index (χ2v) is 19.5. The Morgan fingerprint density at radius 3 is 1.76 bits per heavy atom. The van der Waals surface area contributed by atoms with E-state index >= 15 is 0 Å². The monoisotopic (exact) mass is 640 g/mol. The van der Waals surface area contributed by atoms with Gasteiger partial charge in [-0.15, -0.1) is 0 Å². The molecule has 0 saturated carbocycles. The van der Waals surface area contributed by atoms with Crippen molar-refractivity contribution >= 4 is 26.3 Å². The molecule has 4 atom stereocenters. The first-order valence-corrected chi connectivity index (χ1v) is 18.9. The van der Waals surface area contributed by atoms with Crippen molar-refractivity contribution in [2.45, 2.75) is 117 Å². The molecule has 0 aliphatic heterocycles. The fourth-order valence-corrected chi connectivity index (χ4v) is 6.18. The number of carbonyl (C=O) groups is 3. The summed E-state index contributed by atoms with van der Waals surface area (Å²) in [6.45, 7) is 20.1. The Labute approximate surface area is 272 Å². The number of esters is 1. The highest BCUT2D eigenvalue weighted by atomic mass is 28.4. The number of rotatable bonds is 14. The third-order valence-electron chi connectivity index (χ3n) is 8.33. The average Bonchev–Trinajstić information content (AvgIpc) is 2.93. The van der Waals surface area contributed by atoms with Crippen LogP contribution in [0.4, 0.5) is 4.79 Å². The first-order chi connectivity index (χ1) is 20.8. The van der Waals surface area contributed by atoms with Gasteiger partial charge in [0.15, 0.2) is 8.32 Å². The maximum Gasteiger partial charge on any atom is 0.407 e. The molecule has 0 aromatic heterocycles. The lowest BCUT2D eigenvalue weighted by Gasteiger charge is -2.42. The Balaban J connectivity index is 2.62. The number of hydrogen-bond donors (Lipinski definition) is 2. The second kappa shape index (κ2) is 16.4. The van der Waals surface area contributed by atoms with E-state index in [1.165, 1.54) is 7.11 Å². The summed E-state index contributed by atoms with van der Waals surface area (Å²) in [5.41, 5.74) is 1.33. The minimum atomic E-state index is -2.41. The average molecular weight is 641 g/mol. The molecule has 1 unspecified atom stereocenters. The van der Waals surface area contributed by atoms with E-state index < -0.39 is 50.1 Å². The lowest BCUT2D eigenvalue weighted by atomic mass is 9.88. The molecule has 2 aromatic carbocycles. The molecule has 250 valence electrons. The van der Waals surface area contributed by atoms with Crippen LogP contribution in [-0.2, 0) is 36.3 Å². The van der Waals surface area contributed by atoms with E-state index in [9.17, 15) is 14.4 Å². The molecule has 0 spiro atoms. The molecular weight excluding hydrogens is 584 g/mol. The van der Waals surface area contributed by atoms with Gasteiger partial charge in [0.1, 0.15) is 11.6 Å². The summed E-state index contributed by atoms with van der Waals surface area (Å²) in [5.74, 6) is -1.48. The molecule has 2 aromatic rings. The summed E-state index contributed by atoms with van der Waals surface area (Å²) < 4.78 is 17.8. The predicted molar refractivity (Wildman–Crippen MR) is 182 cm³/mol. The van der Waals surface area contributed by atoms with E-state index in [2.05, 4.69) is 44.5 Å². The maximum atomic E-state index is 14.1. The van der Waals surface area contributed by atoms with Crippen molar-refractivity contribution < 1.29 is 28.3 Å². The molecule has 0 heterocycles. The molecule has 0 aliphatic rings. The molecule has 45 heavy (non-hydrogen) atoms. The first-order valence-electron chi connectivity index (χ1n) is 16.0. The summed E-state index contributed by atoms with van der Waals surface area (Å²) in [6, 6.07) is 18.4. The van der Waals surface area contributed by atoms with Gasteiger partial charge in [-0.05, 0) is 75.2 Å². The molecule has 2 rings (SSSR count). The van der Waals surface area contributed by atoms with Gasteiger partial charge in [-0.25, -0.2) is 9.59 Å². The van der Waals surface area contributed by atoms with E-state index in [4.69, 9.17) is 13.9 Å². The number of nitrogens with one attached hydrogen (secondary N) is 2. The number of benzene rings is 2. The molecule has 2 amide bonds. The van der Waals surface area contributed by atoms with Crippen LogP contribution in [0.25, 0.3) is 0 Å². The lowest BCUT2D eigenvalue weighted by molar-refractivity contribution is -0.147. The van der Waals surface area contributed by atoms with Crippen molar-refractivity contribution in [3.05, 3.63) is 71.8 Å². The molecular formula is C36H56N2O6Si. The standard InChI is InChI=1S/C36H56N2O6Si/c1-25(2)31(33(40)42-9)38-32(39)28(22-26-18-14-12-15-19-26)24-30(44-45(10,11)36(6,7)8)29(23-27-20-16-13-17-21-27)37-34(41)43-35(3,4)5/h12-21,25,28-31H,22-24H2,1-11H3,(H,37,41)(H,38,39)/t28-,29+,30+,31?/m1/s1. The van der Waals surface area contributed by atoms with Crippen molar-refractivity contribution in [2.24, 2.45) is 11.8 Å². The molecule has 9 heteroatoms. The van der Waals surface area contributed by atoms with E-state index in [-0.39, 0.29) is 16.9 Å². The van der Waals surface area contributed by atoms with Crippen LogP contribution in [0, 0.1) is 11.8 Å². The second-order valence-electron chi connectivity index (χ2n) is 14.7. The predicted octanol–water partition coefficient (Wildman–Crippen LogP) is 7.08. The molecule has 0 bridgehead atoms. The topological polar surface area (TPSA) is 103 Å². The molecule has 8 nitrogen and oxygen atoms in total. The number of hydrogen-bond acceptors (Lipinski definition) is 6. The van der Waals surface area contributed by atoms with Crippen molar-refractivity contribution in [3.63, 3.8) is 0 Å². The third kappa shape index (κ3) is 12.6. The van der Waals surface area contributed by atoms with Gasteiger partial charge in [0.2, 0.25) is 5.91 Å². The van der Waals surface area contributed by atoms with Crippen LogP contribution in [0.5, 0.6) is 0 Å². The molecule has 0 fully saturated rings. The van der Waals surface area contributed by atoms with Crippen LogP contribution in [0.3, 0.4) is 0 Å². The Morgan fingerprint density at radius 2 is 1.31 bits per heavy atom. The summed E-state index contributed by atoms with van der Waals surface area (Å²) in [5, 5.41) is 5.97. The largest absolute Gasteiger partial charge is 0.467 e. The zero-order chi connectivity index (χ0) is 34.0. The van der Waals surface area contributed by atoms with Gasteiger partial charge < -0.3 is 24.5 Å². The summed E-state index contributed by atoms with van der Waals surface area (Å²) >= 11 is 0. The smallest absolute Gasteiger partial charge is 0.407 e. The van der Waals surface area contributed by atoms with E-state index in [0.717, 1.165) is 11.1 Å². The van der Waals surface area contributed by atoms with Crippen molar-refractivity contribution in [2.75, 3.05) is 7.11 Å². The fourth-order valence-electron chi connectivity index (χ4n) is 4.81. The van der Waals surface area contributed by atoms with Gasteiger partial charge in [-0.1, -0.05) is 95.3 Å². The van der Waals surface area contributed by atoms with Gasteiger partial charge >= 0.3 is 12.1 Å². The van der Waals surface area contributed by atoms with Gasteiger partial charge in [-0.3, -0.25) is 4.79 Å². The van der Waals surface area contributed by atoms with Crippen molar-refractivity contribution in [1.82, 2.24) is 10.6 Å². The van der Waals surface area contributed by atoms with Crippen LogP contribution in [0.15, 0.2) is 60.7 Å².